The molecule has 0 bridgehead atoms. The Labute approximate surface area is 66.4 Å². The maximum atomic E-state index is 11.1. The van der Waals surface area contributed by atoms with Crippen LogP contribution in [-0.2, 0) is 9.53 Å². The van der Waals surface area contributed by atoms with Crippen molar-refractivity contribution in [1.82, 2.24) is 5.32 Å². The highest BCUT2D eigenvalue weighted by Gasteiger charge is 2.21. The average molecular weight is 155 g/mol. The first-order chi connectivity index (χ1) is 5.24. The third kappa shape index (κ3) is 2.05. The summed E-state index contributed by atoms with van der Waals surface area (Å²) < 4.78 is 4.91. The van der Waals surface area contributed by atoms with Crippen molar-refractivity contribution >= 4 is 5.91 Å². The summed E-state index contributed by atoms with van der Waals surface area (Å²) in [4.78, 5) is 11.1. The van der Waals surface area contributed by atoms with E-state index in [1.807, 2.05) is 6.92 Å². The molecule has 1 aliphatic rings. The summed E-state index contributed by atoms with van der Waals surface area (Å²) in [5.41, 5.74) is 0. The summed E-state index contributed by atoms with van der Waals surface area (Å²) in [5, 5.41) is 2.83. The lowest BCUT2D eigenvalue weighted by Crippen LogP contribution is -2.49. The topological polar surface area (TPSA) is 38.3 Å². The van der Waals surface area contributed by atoms with E-state index in [1.54, 1.807) is 6.08 Å². The zero-order valence-electron chi connectivity index (χ0n) is 6.67. The molecule has 0 aromatic rings. The Balaban J connectivity index is 2.24. The number of carbonyl (C=O) groups is 1. The first-order valence-electron chi connectivity index (χ1n) is 3.74. The van der Waals surface area contributed by atoms with Gasteiger partial charge in [0.15, 0.2) is 0 Å². The van der Waals surface area contributed by atoms with Gasteiger partial charge in [-0.15, -0.1) is 6.58 Å². The average Bonchev–Trinajstić information content (AvgIpc) is 1.94. The summed E-state index contributed by atoms with van der Waals surface area (Å²) in [6.07, 6.45) is 1.63. The van der Waals surface area contributed by atoms with Crippen LogP contribution in [0.4, 0.5) is 0 Å². The van der Waals surface area contributed by atoms with Gasteiger partial charge in [-0.25, -0.2) is 0 Å². The highest BCUT2D eigenvalue weighted by atomic mass is 16.5. The highest BCUT2D eigenvalue weighted by Crippen LogP contribution is 2.02. The molecular weight excluding hydrogens is 142 g/mol. The van der Waals surface area contributed by atoms with Crippen LogP contribution in [0.25, 0.3) is 0 Å². The van der Waals surface area contributed by atoms with Gasteiger partial charge in [0, 0.05) is 0 Å². The van der Waals surface area contributed by atoms with Crippen LogP contribution < -0.4 is 5.32 Å². The smallest absolute Gasteiger partial charge is 0.227 e. The third-order valence-corrected chi connectivity index (χ3v) is 1.75. The molecule has 0 unspecified atom stereocenters. The summed E-state index contributed by atoms with van der Waals surface area (Å²) in [7, 11) is 0. The number of hydrogen-bond donors (Lipinski definition) is 1. The minimum atomic E-state index is -0.101. The second kappa shape index (κ2) is 3.53. The summed E-state index contributed by atoms with van der Waals surface area (Å²) in [6.45, 7) is 6.66. The van der Waals surface area contributed by atoms with Crippen LogP contribution in [0.3, 0.4) is 0 Å². The molecule has 1 atom stereocenters. The number of ether oxygens (including phenoxy) is 1. The van der Waals surface area contributed by atoms with E-state index in [9.17, 15) is 4.79 Å². The molecule has 0 aliphatic carbocycles. The molecule has 3 heteroatoms. The molecule has 0 spiro atoms. The first kappa shape index (κ1) is 8.27. The van der Waals surface area contributed by atoms with E-state index >= 15 is 0 Å². The van der Waals surface area contributed by atoms with Crippen LogP contribution in [0.15, 0.2) is 12.7 Å². The van der Waals surface area contributed by atoms with Crippen LogP contribution in [0.2, 0.25) is 0 Å². The zero-order valence-corrected chi connectivity index (χ0v) is 6.67. The lowest BCUT2D eigenvalue weighted by Gasteiger charge is -2.27. The fraction of sp³-hybridized carbons (Fsp3) is 0.625. The molecule has 1 rings (SSSR count). The van der Waals surface area contributed by atoms with Gasteiger partial charge < -0.3 is 10.1 Å². The van der Waals surface area contributed by atoms with Gasteiger partial charge in [0.05, 0.1) is 25.2 Å². The van der Waals surface area contributed by atoms with Gasteiger partial charge in [-0.05, 0) is 0 Å². The molecule has 1 saturated heterocycles. The van der Waals surface area contributed by atoms with E-state index in [1.165, 1.54) is 0 Å². The number of amides is 1. The van der Waals surface area contributed by atoms with Gasteiger partial charge in [0.1, 0.15) is 0 Å². The summed E-state index contributed by atoms with van der Waals surface area (Å²) in [6, 6.07) is 0.227. The number of nitrogens with one attached hydrogen (secondary N) is 1. The SMILES string of the molecule is C=C[C@@H](C)C(=O)NC1COC1. The molecule has 62 valence electrons. The van der Waals surface area contributed by atoms with Gasteiger partial charge in [-0.1, -0.05) is 13.0 Å². The Morgan fingerprint density at radius 3 is 2.82 bits per heavy atom. The van der Waals surface area contributed by atoms with E-state index in [0.29, 0.717) is 13.2 Å². The second-order valence-electron chi connectivity index (χ2n) is 2.77. The van der Waals surface area contributed by atoms with Crippen LogP contribution in [-0.4, -0.2) is 25.2 Å². The monoisotopic (exact) mass is 155 g/mol. The van der Waals surface area contributed by atoms with Crippen LogP contribution >= 0.6 is 0 Å². The largest absolute Gasteiger partial charge is 0.377 e. The second-order valence-corrected chi connectivity index (χ2v) is 2.77. The number of rotatable bonds is 3. The maximum Gasteiger partial charge on any atom is 0.227 e. The highest BCUT2D eigenvalue weighted by molar-refractivity contribution is 5.80. The molecule has 0 radical (unpaired) electrons. The Morgan fingerprint density at radius 1 is 1.82 bits per heavy atom. The van der Waals surface area contributed by atoms with E-state index in [4.69, 9.17) is 4.74 Å². The number of hydrogen-bond acceptors (Lipinski definition) is 2. The molecule has 0 saturated carbocycles. The zero-order chi connectivity index (χ0) is 8.27. The van der Waals surface area contributed by atoms with E-state index in [0.717, 1.165) is 0 Å². The molecular formula is C8H13NO2. The third-order valence-electron chi connectivity index (χ3n) is 1.75. The predicted octanol–water partition coefficient (Wildman–Crippen LogP) is 0.323. The minimum Gasteiger partial charge on any atom is -0.377 e. The quantitative estimate of drug-likeness (QED) is 0.596. The summed E-state index contributed by atoms with van der Waals surface area (Å²) >= 11 is 0. The Hall–Kier alpha value is -0.830. The van der Waals surface area contributed by atoms with Gasteiger partial charge in [-0.2, -0.15) is 0 Å². The minimum absolute atomic E-state index is 0.0355. The molecule has 1 fully saturated rings. The molecule has 11 heavy (non-hydrogen) atoms. The van der Waals surface area contributed by atoms with Gasteiger partial charge in [0.2, 0.25) is 5.91 Å². The van der Waals surface area contributed by atoms with Crippen molar-refractivity contribution in [2.45, 2.75) is 13.0 Å². The molecule has 0 aromatic carbocycles. The Morgan fingerprint density at radius 2 is 2.45 bits per heavy atom. The fourth-order valence-electron chi connectivity index (χ4n) is 0.759. The molecule has 1 amide bonds. The van der Waals surface area contributed by atoms with Crippen LogP contribution in [0, 0.1) is 5.92 Å². The lowest BCUT2D eigenvalue weighted by atomic mass is 10.1. The fourth-order valence-corrected chi connectivity index (χ4v) is 0.759. The molecule has 1 N–H and O–H groups in total. The summed E-state index contributed by atoms with van der Waals surface area (Å²) in [5.74, 6) is -0.0658. The Bertz CT molecular complexity index is 163. The van der Waals surface area contributed by atoms with Gasteiger partial charge in [0.25, 0.3) is 0 Å². The normalized spacial score (nSPS) is 20.1. The van der Waals surface area contributed by atoms with Crippen LogP contribution in [0.1, 0.15) is 6.92 Å². The molecule has 1 heterocycles. The first-order valence-corrected chi connectivity index (χ1v) is 3.74. The molecule has 0 aromatic heterocycles. The van der Waals surface area contributed by atoms with Crippen molar-refractivity contribution in [1.29, 1.82) is 0 Å². The molecule has 3 nitrogen and oxygen atoms in total. The predicted molar refractivity (Wildman–Crippen MR) is 42.1 cm³/mol. The van der Waals surface area contributed by atoms with Crippen molar-refractivity contribution in [2.24, 2.45) is 5.92 Å². The molecule has 1 aliphatic heterocycles. The van der Waals surface area contributed by atoms with Gasteiger partial charge in [-0.3, -0.25) is 4.79 Å². The Kier molecular flexibility index (Phi) is 2.65. The standard InChI is InChI=1S/C8H13NO2/c1-3-6(2)8(10)9-7-4-11-5-7/h3,6-7H,1,4-5H2,2H3,(H,9,10)/t6-/m1/s1. The van der Waals surface area contributed by atoms with Crippen LogP contribution in [0.5, 0.6) is 0 Å². The van der Waals surface area contributed by atoms with E-state index in [2.05, 4.69) is 11.9 Å². The van der Waals surface area contributed by atoms with Gasteiger partial charge >= 0.3 is 0 Å². The van der Waals surface area contributed by atoms with E-state index < -0.39 is 0 Å². The van der Waals surface area contributed by atoms with Crippen molar-refractivity contribution in [3.8, 4) is 0 Å². The number of carbonyl (C=O) groups excluding carboxylic acids is 1. The van der Waals surface area contributed by atoms with Crippen molar-refractivity contribution in [2.75, 3.05) is 13.2 Å². The van der Waals surface area contributed by atoms with Crippen molar-refractivity contribution in [3.63, 3.8) is 0 Å². The maximum absolute atomic E-state index is 11.1. The lowest BCUT2D eigenvalue weighted by molar-refractivity contribution is -0.127. The van der Waals surface area contributed by atoms with Crippen molar-refractivity contribution in [3.05, 3.63) is 12.7 Å². The van der Waals surface area contributed by atoms with Crippen molar-refractivity contribution < 1.29 is 9.53 Å². The van der Waals surface area contributed by atoms with E-state index in [-0.39, 0.29) is 17.9 Å².